The molecule has 2 aromatic carbocycles. The molecule has 0 fully saturated rings. The van der Waals surface area contributed by atoms with Crippen molar-refractivity contribution in [2.24, 2.45) is 0 Å². The number of rotatable bonds is 3. The van der Waals surface area contributed by atoms with Crippen LogP contribution >= 0.6 is 11.6 Å². The molecule has 0 aromatic heterocycles. The standard InChI is InChI=1S/C19H17ClFN3O2/c1-10-13(20)7-5-9-15(10)23-18(25)16-11(2)22-19(26)24-17(16)12-6-3-4-8-14(12)21/h3-9,17H,1-2H3,(H,23,25)(H2,22,24,26). The number of benzene rings is 2. The number of urea groups is 1. The number of halogens is 2. The maximum atomic E-state index is 14.3. The van der Waals surface area contributed by atoms with Gasteiger partial charge in [-0.3, -0.25) is 4.79 Å². The quantitative estimate of drug-likeness (QED) is 0.759. The molecule has 0 bridgehead atoms. The minimum Gasteiger partial charge on any atom is -0.327 e. The van der Waals surface area contributed by atoms with Crippen molar-refractivity contribution >= 4 is 29.2 Å². The zero-order valence-electron chi connectivity index (χ0n) is 14.2. The Morgan fingerprint density at radius 2 is 1.88 bits per heavy atom. The molecule has 0 aliphatic carbocycles. The molecule has 1 heterocycles. The summed E-state index contributed by atoms with van der Waals surface area (Å²) in [6.45, 7) is 3.39. The molecule has 3 amide bonds. The molecule has 0 saturated carbocycles. The van der Waals surface area contributed by atoms with Crippen molar-refractivity contribution in [2.45, 2.75) is 19.9 Å². The summed E-state index contributed by atoms with van der Waals surface area (Å²) in [7, 11) is 0. The topological polar surface area (TPSA) is 70.2 Å². The molecule has 7 heteroatoms. The molecule has 0 spiro atoms. The summed E-state index contributed by atoms with van der Waals surface area (Å²) in [4.78, 5) is 24.8. The van der Waals surface area contributed by atoms with Gasteiger partial charge >= 0.3 is 6.03 Å². The number of carbonyl (C=O) groups excluding carboxylic acids is 2. The van der Waals surface area contributed by atoms with Gasteiger partial charge in [0.25, 0.3) is 5.91 Å². The lowest BCUT2D eigenvalue weighted by atomic mass is 9.94. The van der Waals surface area contributed by atoms with Crippen LogP contribution in [0, 0.1) is 12.7 Å². The molecule has 1 aliphatic rings. The molecular weight excluding hydrogens is 357 g/mol. The predicted octanol–water partition coefficient (Wildman–Crippen LogP) is 4.05. The van der Waals surface area contributed by atoms with Gasteiger partial charge in [-0.05, 0) is 37.6 Å². The van der Waals surface area contributed by atoms with Gasteiger partial charge < -0.3 is 16.0 Å². The van der Waals surface area contributed by atoms with Crippen LogP contribution in [0.4, 0.5) is 14.9 Å². The largest absolute Gasteiger partial charge is 0.327 e. The lowest BCUT2D eigenvalue weighted by Crippen LogP contribution is -2.46. The molecule has 0 radical (unpaired) electrons. The van der Waals surface area contributed by atoms with Crippen molar-refractivity contribution in [1.29, 1.82) is 0 Å². The highest BCUT2D eigenvalue weighted by Crippen LogP contribution is 2.30. The van der Waals surface area contributed by atoms with E-state index < -0.39 is 23.8 Å². The van der Waals surface area contributed by atoms with Crippen LogP contribution in [0.1, 0.15) is 24.1 Å². The Kier molecular flexibility index (Phi) is 4.95. The molecule has 3 N–H and O–H groups in total. The van der Waals surface area contributed by atoms with Crippen LogP contribution in [0.15, 0.2) is 53.7 Å². The van der Waals surface area contributed by atoms with Crippen molar-refractivity contribution in [2.75, 3.05) is 5.32 Å². The summed E-state index contributed by atoms with van der Waals surface area (Å²) in [5.74, 6) is -0.953. The number of hydrogen-bond acceptors (Lipinski definition) is 2. The van der Waals surface area contributed by atoms with Crippen LogP contribution < -0.4 is 16.0 Å². The lowest BCUT2D eigenvalue weighted by molar-refractivity contribution is -0.113. The first kappa shape index (κ1) is 17.9. The summed E-state index contributed by atoms with van der Waals surface area (Å²) in [5.41, 5.74) is 2.07. The Bertz CT molecular complexity index is 927. The van der Waals surface area contributed by atoms with Crippen molar-refractivity contribution in [3.8, 4) is 0 Å². The highest BCUT2D eigenvalue weighted by molar-refractivity contribution is 6.31. The van der Waals surface area contributed by atoms with Crippen LogP contribution in [0.5, 0.6) is 0 Å². The van der Waals surface area contributed by atoms with E-state index in [1.165, 1.54) is 12.1 Å². The third-order valence-electron chi connectivity index (χ3n) is 4.25. The fraction of sp³-hybridized carbons (Fsp3) is 0.158. The molecule has 1 atom stereocenters. The van der Waals surface area contributed by atoms with Gasteiger partial charge in [0.05, 0.1) is 11.6 Å². The molecule has 0 saturated heterocycles. The summed E-state index contributed by atoms with van der Waals surface area (Å²) in [6.07, 6.45) is 0. The lowest BCUT2D eigenvalue weighted by Gasteiger charge is -2.29. The van der Waals surface area contributed by atoms with Gasteiger partial charge in [0.15, 0.2) is 0 Å². The number of allylic oxidation sites excluding steroid dienone is 1. The Morgan fingerprint density at radius 1 is 1.15 bits per heavy atom. The van der Waals surface area contributed by atoms with E-state index in [0.29, 0.717) is 16.4 Å². The van der Waals surface area contributed by atoms with Gasteiger partial charge in [-0.15, -0.1) is 0 Å². The average Bonchev–Trinajstić information content (AvgIpc) is 2.58. The van der Waals surface area contributed by atoms with Gasteiger partial charge in [0.1, 0.15) is 5.82 Å². The minimum absolute atomic E-state index is 0.217. The highest BCUT2D eigenvalue weighted by Gasteiger charge is 2.32. The van der Waals surface area contributed by atoms with E-state index in [4.69, 9.17) is 11.6 Å². The van der Waals surface area contributed by atoms with E-state index in [-0.39, 0.29) is 11.1 Å². The van der Waals surface area contributed by atoms with E-state index in [9.17, 15) is 14.0 Å². The van der Waals surface area contributed by atoms with Crippen LogP contribution in [0.3, 0.4) is 0 Å². The average molecular weight is 374 g/mol. The van der Waals surface area contributed by atoms with Crippen molar-refractivity contribution < 1.29 is 14.0 Å². The van der Waals surface area contributed by atoms with Crippen LogP contribution in [-0.4, -0.2) is 11.9 Å². The van der Waals surface area contributed by atoms with Crippen LogP contribution in [0.25, 0.3) is 0 Å². The molecule has 1 unspecified atom stereocenters. The zero-order valence-corrected chi connectivity index (χ0v) is 14.9. The Balaban J connectivity index is 2.00. The summed E-state index contributed by atoms with van der Waals surface area (Å²) >= 11 is 6.09. The summed E-state index contributed by atoms with van der Waals surface area (Å²) in [6, 6.07) is 9.80. The van der Waals surface area contributed by atoms with Crippen molar-refractivity contribution in [1.82, 2.24) is 10.6 Å². The first-order valence-corrected chi connectivity index (χ1v) is 8.35. The second-order valence-corrected chi connectivity index (χ2v) is 6.37. The number of carbonyl (C=O) groups is 2. The Morgan fingerprint density at radius 3 is 2.62 bits per heavy atom. The molecular formula is C19H17ClFN3O2. The maximum absolute atomic E-state index is 14.3. The van der Waals surface area contributed by atoms with Crippen LogP contribution in [0.2, 0.25) is 5.02 Å². The van der Waals surface area contributed by atoms with Gasteiger partial charge in [-0.1, -0.05) is 35.9 Å². The van der Waals surface area contributed by atoms with Crippen molar-refractivity contribution in [3.05, 3.63) is 75.7 Å². The second-order valence-electron chi connectivity index (χ2n) is 5.96. The molecule has 134 valence electrons. The summed E-state index contributed by atoms with van der Waals surface area (Å²) in [5, 5.41) is 8.49. The summed E-state index contributed by atoms with van der Waals surface area (Å²) < 4.78 is 14.3. The van der Waals surface area contributed by atoms with E-state index in [1.54, 1.807) is 44.2 Å². The number of nitrogens with one attached hydrogen (secondary N) is 3. The van der Waals surface area contributed by atoms with Gasteiger partial charge in [-0.2, -0.15) is 0 Å². The van der Waals surface area contributed by atoms with E-state index in [0.717, 1.165) is 5.56 Å². The number of hydrogen-bond donors (Lipinski definition) is 3. The highest BCUT2D eigenvalue weighted by atomic mass is 35.5. The SMILES string of the molecule is CC1=C(C(=O)Nc2cccc(Cl)c2C)C(c2ccccc2F)NC(=O)N1. The minimum atomic E-state index is -0.899. The Labute approximate surface area is 155 Å². The fourth-order valence-corrected chi connectivity index (χ4v) is 3.04. The normalized spacial score (nSPS) is 16.8. The Hall–Kier alpha value is -2.86. The first-order chi connectivity index (χ1) is 12.4. The van der Waals surface area contributed by atoms with Gasteiger partial charge in [0, 0.05) is 22.0 Å². The van der Waals surface area contributed by atoms with Gasteiger partial charge in [0.2, 0.25) is 0 Å². The smallest absolute Gasteiger partial charge is 0.319 e. The predicted molar refractivity (Wildman–Crippen MR) is 98.3 cm³/mol. The molecule has 26 heavy (non-hydrogen) atoms. The number of anilines is 1. The van der Waals surface area contributed by atoms with Crippen LogP contribution in [-0.2, 0) is 4.79 Å². The number of amides is 3. The molecule has 3 rings (SSSR count). The van der Waals surface area contributed by atoms with E-state index in [2.05, 4.69) is 16.0 Å². The third kappa shape index (κ3) is 3.41. The maximum Gasteiger partial charge on any atom is 0.319 e. The van der Waals surface area contributed by atoms with Crippen molar-refractivity contribution in [3.63, 3.8) is 0 Å². The monoisotopic (exact) mass is 373 g/mol. The molecule has 5 nitrogen and oxygen atoms in total. The van der Waals surface area contributed by atoms with E-state index >= 15 is 0 Å². The fourth-order valence-electron chi connectivity index (χ4n) is 2.87. The van der Waals surface area contributed by atoms with E-state index in [1.807, 2.05) is 0 Å². The second kappa shape index (κ2) is 7.17. The first-order valence-electron chi connectivity index (χ1n) is 7.97. The molecule has 2 aromatic rings. The van der Waals surface area contributed by atoms with Gasteiger partial charge in [-0.25, -0.2) is 9.18 Å². The third-order valence-corrected chi connectivity index (χ3v) is 4.66. The molecule has 1 aliphatic heterocycles. The zero-order chi connectivity index (χ0) is 18.8.